The molecule has 0 unspecified atom stereocenters. The molecule has 1 aliphatic heterocycles. The summed E-state index contributed by atoms with van der Waals surface area (Å²) in [6, 6.07) is 10.00. The van der Waals surface area contributed by atoms with Crippen LogP contribution >= 0.6 is 0 Å². The molecule has 0 saturated carbocycles. The van der Waals surface area contributed by atoms with Crippen molar-refractivity contribution in [1.82, 2.24) is 19.9 Å². The summed E-state index contributed by atoms with van der Waals surface area (Å²) in [5.41, 5.74) is 1.61. The Hall–Kier alpha value is -3.88. The van der Waals surface area contributed by atoms with Crippen LogP contribution in [0, 0.1) is 17.6 Å². The second-order valence-electron chi connectivity index (χ2n) is 8.46. The Morgan fingerprint density at radius 3 is 2.74 bits per heavy atom. The molecule has 34 heavy (non-hydrogen) atoms. The van der Waals surface area contributed by atoms with E-state index in [1.165, 1.54) is 36.4 Å². The van der Waals surface area contributed by atoms with Crippen molar-refractivity contribution in [3.05, 3.63) is 72.1 Å². The number of benzene rings is 2. The number of amides is 1. The van der Waals surface area contributed by atoms with Crippen LogP contribution in [0.15, 0.2) is 59.3 Å². The van der Waals surface area contributed by atoms with Gasteiger partial charge in [-0.15, -0.1) is 0 Å². The normalized spacial score (nSPS) is 18.3. The topological polar surface area (TPSA) is 84.2 Å². The first-order valence-corrected chi connectivity index (χ1v) is 11.2. The largest absolute Gasteiger partial charge is 0.424 e. The second-order valence-corrected chi connectivity index (χ2v) is 8.46. The molecule has 4 aromatic rings. The number of likely N-dealkylation sites (tertiary alicyclic amines) is 1. The molecule has 0 spiro atoms. The average molecular weight is 463 g/mol. The van der Waals surface area contributed by atoms with Crippen molar-refractivity contribution in [2.24, 2.45) is 5.92 Å². The summed E-state index contributed by atoms with van der Waals surface area (Å²) in [4.78, 5) is 28.2. The van der Waals surface area contributed by atoms with Crippen molar-refractivity contribution in [2.75, 3.05) is 18.4 Å². The highest BCUT2D eigenvalue weighted by Gasteiger charge is 2.33. The molecule has 1 aliphatic rings. The van der Waals surface area contributed by atoms with E-state index in [2.05, 4.69) is 27.2 Å². The van der Waals surface area contributed by atoms with Gasteiger partial charge in [0.25, 0.3) is 11.9 Å². The lowest BCUT2D eigenvalue weighted by Gasteiger charge is -2.40. The van der Waals surface area contributed by atoms with Gasteiger partial charge in [-0.3, -0.25) is 4.79 Å². The van der Waals surface area contributed by atoms with Gasteiger partial charge in [0.15, 0.2) is 11.4 Å². The maximum absolute atomic E-state index is 14.1. The first kappa shape index (κ1) is 21.9. The number of halogens is 2. The van der Waals surface area contributed by atoms with Crippen LogP contribution in [0.5, 0.6) is 0 Å². The highest BCUT2D eigenvalue weighted by molar-refractivity contribution is 6.00. The SMILES string of the molecule is C[C@@H]1CCCN(C(=O)c2ccc(F)cc2-c2ncccn2)[C@@H]1CNc1nc2cc(F)ccc2o1. The summed E-state index contributed by atoms with van der Waals surface area (Å²) in [5, 5.41) is 3.17. The fraction of sp³-hybridized carbons (Fsp3) is 0.280. The van der Waals surface area contributed by atoms with Crippen LogP contribution in [0.2, 0.25) is 0 Å². The number of piperidine rings is 1. The first-order chi connectivity index (χ1) is 16.5. The maximum Gasteiger partial charge on any atom is 0.295 e. The molecule has 2 aromatic heterocycles. The van der Waals surface area contributed by atoms with Gasteiger partial charge in [-0.1, -0.05) is 6.92 Å². The first-order valence-electron chi connectivity index (χ1n) is 11.2. The molecule has 1 N–H and O–H groups in total. The number of oxazole rings is 1. The molecule has 0 aliphatic carbocycles. The van der Waals surface area contributed by atoms with Gasteiger partial charge in [-0.2, -0.15) is 4.98 Å². The molecule has 9 heteroatoms. The van der Waals surface area contributed by atoms with Crippen LogP contribution in [-0.4, -0.2) is 44.9 Å². The zero-order valence-electron chi connectivity index (χ0n) is 18.5. The van der Waals surface area contributed by atoms with Crippen molar-refractivity contribution in [2.45, 2.75) is 25.8 Å². The van der Waals surface area contributed by atoms with Crippen LogP contribution in [0.4, 0.5) is 14.8 Å². The summed E-state index contributed by atoms with van der Waals surface area (Å²) >= 11 is 0. The number of rotatable bonds is 5. The number of aromatic nitrogens is 3. The minimum atomic E-state index is -0.461. The number of nitrogens with zero attached hydrogens (tertiary/aromatic N) is 4. The van der Waals surface area contributed by atoms with Gasteiger partial charge in [0.1, 0.15) is 17.2 Å². The minimum Gasteiger partial charge on any atom is -0.424 e. The van der Waals surface area contributed by atoms with Gasteiger partial charge >= 0.3 is 0 Å². The van der Waals surface area contributed by atoms with Gasteiger partial charge in [0.05, 0.1) is 11.6 Å². The third-order valence-electron chi connectivity index (χ3n) is 6.21. The quantitative estimate of drug-likeness (QED) is 0.453. The third kappa shape index (κ3) is 4.33. The van der Waals surface area contributed by atoms with Gasteiger partial charge in [0.2, 0.25) is 0 Å². The Kier molecular flexibility index (Phi) is 5.91. The van der Waals surface area contributed by atoms with E-state index in [0.717, 1.165) is 12.8 Å². The van der Waals surface area contributed by atoms with Crippen LogP contribution in [-0.2, 0) is 0 Å². The Morgan fingerprint density at radius 1 is 1.15 bits per heavy atom. The standard InChI is InChI=1S/C25H23F2N5O2/c1-15-4-2-11-32(21(15)14-30-25-31-20-13-17(27)6-8-22(20)34-25)24(33)18-7-5-16(26)12-19(18)23-28-9-3-10-29-23/h3,5-10,12-13,15,21H,2,4,11,14H2,1H3,(H,30,31)/t15-,21-/m1/s1. The molecule has 5 rings (SSSR count). The van der Waals surface area contributed by atoms with Crippen LogP contribution in [0.3, 0.4) is 0 Å². The number of nitrogens with one attached hydrogen (secondary N) is 1. The molecule has 1 fully saturated rings. The number of hydrogen-bond donors (Lipinski definition) is 1. The summed E-state index contributed by atoms with van der Waals surface area (Å²) in [5.74, 6) is -0.549. The van der Waals surface area contributed by atoms with E-state index in [4.69, 9.17) is 4.42 Å². The lowest BCUT2D eigenvalue weighted by atomic mass is 9.89. The van der Waals surface area contributed by atoms with E-state index in [0.29, 0.717) is 41.1 Å². The van der Waals surface area contributed by atoms with Crippen molar-refractivity contribution in [3.8, 4) is 11.4 Å². The molecular weight excluding hydrogens is 440 g/mol. The van der Waals surface area contributed by atoms with Gasteiger partial charge in [-0.05, 0) is 55.2 Å². The van der Waals surface area contributed by atoms with Crippen molar-refractivity contribution < 1.29 is 18.0 Å². The smallest absolute Gasteiger partial charge is 0.295 e. The second kappa shape index (κ2) is 9.17. The highest BCUT2D eigenvalue weighted by atomic mass is 19.1. The Balaban J connectivity index is 1.41. The number of carbonyl (C=O) groups is 1. The minimum absolute atomic E-state index is 0.150. The number of fused-ring (bicyclic) bond motifs is 1. The third-order valence-corrected chi connectivity index (χ3v) is 6.21. The zero-order chi connectivity index (χ0) is 23.7. The van der Waals surface area contributed by atoms with E-state index < -0.39 is 5.82 Å². The molecule has 0 bridgehead atoms. The van der Waals surface area contributed by atoms with E-state index in [1.54, 1.807) is 18.5 Å². The summed E-state index contributed by atoms with van der Waals surface area (Å²) in [7, 11) is 0. The Morgan fingerprint density at radius 2 is 1.91 bits per heavy atom. The van der Waals surface area contributed by atoms with Crippen molar-refractivity contribution >= 4 is 23.0 Å². The predicted molar refractivity (Wildman–Crippen MR) is 123 cm³/mol. The lowest BCUT2D eigenvalue weighted by molar-refractivity contribution is 0.0540. The fourth-order valence-electron chi connectivity index (χ4n) is 4.46. The van der Waals surface area contributed by atoms with Crippen LogP contribution in [0.25, 0.3) is 22.5 Å². The van der Waals surface area contributed by atoms with Crippen LogP contribution in [0.1, 0.15) is 30.1 Å². The molecule has 7 nitrogen and oxygen atoms in total. The monoisotopic (exact) mass is 463 g/mol. The average Bonchev–Trinajstić information content (AvgIpc) is 3.25. The highest BCUT2D eigenvalue weighted by Crippen LogP contribution is 2.29. The van der Waals surface area contributed by atoms with Gasteiger partial charge in [0, 0.05) is 37.1 Å². The van der Waals surface area contributed by atoms with E-state index in [-0.39, 0.29) is 29.7 Å². The predicted octanol–water partition coefficient (Wildman–Crippen LogP) is 4.92. The summed E-state index contributed by atoms with van der Waals surface area (Å²) < 4.78 is 33.2. The van der Waals surface area contributed by atoms with E-state index in [1.807, 2.05) is 4.90 Å². The number of hydrogen-bond acceptors (Lipinski definition) is 6. The number of carbonyl (C=O) groups excluding carboxylic acids is 1. The van der Waals surface area contributed by atoms with Crippen molar-refractivity contribution in [1.29, 1.82) is 0 Å². The fourth-order valence-corrected chi connectivity index (χ4v) is 4.46. The molecule has 2 aromatic carbocycles. The van der Waals surface area contributed by atoms with Gasteiger partial charge < -0.3 is 14.6 Å². The Labute approximate surface area is 194 Å². The molecule has 174 valence electrons. The summed E-state index contributed by atoms with van der Waals surface area (Å²) in [6.45, 7) is 3.07. The van der Waals surface area contributed by atoms with E-state index in [9.17, 15) is 13.6 Å². The molecule has 2 atom stereocenters. The molecule has 1 amide bonds. The van der Waals surface area contributed by atoms with E-state index >= 15 is 0 Å². The van der Waals surface area contributed by atoms with Gasteiger partial charge in [-0.25, -0.2) is 18.7 Å². The van der Waals surface area contributed by atoms with Crippen molar-refractivity contribution in [3.63, 3.8) is 0 Å². The Bertz CT molecular complexity index is 1330. The molecular formula is C25H23F2N5O2. The molecule has 3 heterocycles. The molecule has 1 saturated heterocycles. The maximum atomic E-state index is 14.1. The molecule has 0 radical (unpaired) electrons. The zero-order valence-corrected chi connectivity index (χ0v) is 18.5. The summed E-state index contributed by atoms with van der Waals surface area (Å²) in [6.07, 6.45) is 4.95. The van der Waals surface area contributed by atoms with Crippen LogP contribution < -0.4 is 5.32 Å². The number of anilines is 1. The lowest BCUT2D eigenvalue weighted by Crippen LogP contribution is -2.51.